The minimum Gasteiger partial charge on any atom is -0.480 e. The number of fused-ring (bicyclic) bond motifs is 1. The Balaban J connectivity index is 1.87. The number of carboxylic acid groups (broad SMARTS) is 1. The van der Waals surface area contributed by atoms with Gasteiger partial charge >= 0.3 is 5.97 Å². The highest BCUT2D eigenvalue weighted by atomic mass is 32.2. The Bertz CT molecular complexity index is 592. The monoisotopic (exact) mass is 308 g/mol. The maximum atomic E-state index is 12.3. The predicted octanol–water partition coefficient (Wildman–Crippen LogP) is 0.878. The van der Waals surface area contributed by atoms with E-state index in [2.05, 4.69) is 4.98 Å². The molecular weight excluding hydrogens is 292 g/mol. The molecule has 7 heteroatoms. The standard InChI is InChI=1S/C14H16N2O4S/c1-14(2)10(13(19)20)16-11(18)8(12(16)21-14)9(17)7-3-5-15-6-4-7/h3-6,8-10,12,17H,1-2H3,(H,19,20)/t8-,9?,10+,12-/m1/s1. The molecule has 1 aromatic heterocycles. The normalized spacial score (nSPS) is 31.5. The number of rotatable bonds is 3. The van der Waals surface area contributed by atoms with Crippen LogP contribution in [-0.2, 0) is 9.59 Å². The lowest BCUT2D eigenvalue weighted by Crippen LogP contribution is -2.63. The van der Waals surface area contributed by atoms with Crippen LogP contribution >= 0.6 is 11.8 Å². The summed E-state index contributed by atoms with van der Waals surface area (Å²) in [6.45, 7) is 3.63. The van der Waals surface area contributed by atoms with Crippen LogP contribution in [0.4, 0.5) is 0 Å². The number of amides is 1. The molecule has 2 N–H and O–H groups in total. The number of aromatic nitrogens is 1. The predicted molar refractivity (Wildman–Crippen MR) is 76.4 cm³/mol. The average Bonchev–Trinajstić information content (AvgIpc) is 2.68. The van der Waals surface area contributed by atoms with Gasteiger partial charge in [-0.3, -0.25) is 9.78 Å². The summed E-state index contributed by atoms with van der Waals surface area (Å²) in [6, 6.07) is 2.49. The summed E-state index contributed by atoms with van der Waals surface area (Å²) in [5.41, 5.74) is 0.625. The van der Waals surface area contributed by atoms with Gasteiger partial charge < -0.3 is 15.1 Å². The Morgan fingerprint density at radius 2 is 2.05 bits per heavy atom. The van der Waals surface area contributed by atoms with Crippen molar-refractivity contribution in [3.05, 3.63) is 30.1 Å². The zero-order valence-electron chi connectivity index (χ0n) is 11.6. The number of aliphatic carboxylic acids is 1. The number of nitrogens with zero attached hydrogens (tertiary/aromatic N) is 2. The molecule has 21 heavy (non-hydrogen) atoms. The molecule has 0 spiro atoms. The number of pyridine rings is 1. The van der Waals surface area contributed by atoms with Gasteiger partial charge in [0.2, 0.25) is 5.91 Å². The lowest BCUT2D eigenvalue weighted by atomic mass is 9.85. The Hall–Kier alpha value is -1.60. The van der Waals surface area contributed by atoms with Crippen molar-refractivity contribution in [1.82, 2.24) is 9.88 Å². The largest absolute Gasteiger partial charge is 0.480 e. The SMILES string of the molecule is CC1(C)S[C@@H]2[C@H](C(O)c3ccncc3)C(=O)N2[C@H]1C(=O)O. The molecule has 2 saturated heterocycles. The van der Waals surface area contributed by atoms with E-state index >= 15 is 0 Å². The second-order valence-electron chi connectivity index (χ2n) is 5.85. The van der Waals surface area contributed by atoms with Crippen molar-refractivity contribution in [2.45, 2.75) is 36.1 Å². The van der Waals surface area contributed by atoms with Crippen LogP contribution in [0.15, 0.2) is 24.5 Å². The highest BCUT2D eigenvalue weighted by molar-refractivity contribution is 8.01. The second kappa shape index (κ2) is 4.71. The summed E-state index contributed by atoms with van der Waals surface area (Å²) in [5, 5.41) is 19.5. The average molecular weight is 308 g/mol. The fourth-order valence-electron chi connectivity index (χ4n) is 3.10. The Morgan fingerprint density at radius 3 is 2.62 bits per heavy atom. The summed E-state index contributed by atoms with van der Waals surface area (Å²) in [5.74, 6) is -1.89. The summed E-state index contributed by atoms with van der Waals surface area (Å²) >= 11 is 1.44. The maximum absolute atomic E-state index is 12.3. The van der Waals surface area contributed by atoms with Crippen molar-refractivity contribution < 1.29 is 19.8 Å². The molecule has 1 amide bonds. The van der Waals surface area contributed by atoms with E-state index in [1.807, 2.05) is 13.8 Å². The Morgan fingerprint density at radius 1 is 1.43 bits per heavy atom. The zero-order valence-corrected chi connectivity index (χ0v) is 12.4. The van der Waals surface area contributed by atoms with Crippen LogP contribution in [-0.4, -0.2) is 48.1 Å². The minimum absolute atomic E-state index is 0.295. The first-order valence-electron chi connectivity index (χ1n) is 6.65. The van der Waals surface area contributed by atoms with Gasteiger partial charge in [0.1, 0.15) is 6.04 Å². The first-order chi connectivity index (χ1) is 9.84. The third-order valence-electron chi connectivity index (χ3n) is 4.10. The molecule has 0 saturated carbocycles. The summed E-state index contributed by atoms with van der Waals surface area (Å²) in [6.07, 6.45) is 2.19. The number of hydrogen-bond acceptors (Lipinski definition) is 5. The van der Waals surface area contributed by atoms with Crippen LogP contribution in [0.2, 0.25) is 0 Å². The van der Waals surface area contributed by atoms with Crippen molar-refractivity contribution in [1.29, 1.82) is 0 Å². The molecule has 6 nitrogen and oxygen atoms in total. The fraction of sp³-hybridized carbons (Fsp3) is 0.500. The van der Waals surface area contributed by atoms with E-state index in [0.717, 1.165) is 0 Å². The van der Waals surface area contributed by atoms with E-state index in [-0.39, 0.29) is 11.3 Å². The lowest BCUT2D eigenvalue weighted by Gasteiger charge is -2.45. The molecule has 0 radical (unpaired) electrons. The molecular formula is C14H16N2O4S. The first-order valence-corrected chi connectivity index (χ1v) is 7.53. The molecule has 112 valence electrons. The Labute approximate surface area is 126 Å². The second-order valence-corrected chi connectivity index (χ2v) is 7.62. The van der Waals surface area contributed by atoms with E-state index in [4.69, 9.17) is 0 Å². The lowest BCUT2D eigenvalue weighted by molar-refractivity contribution is -0.169. The molecule has 0 aliphatic carbocycles. The van der Waals surface area contributed by atoms with Crippen LogP contribution in [0.25, 0.3) is 0 Å². The number of β-lactam (4-membered cyclic amide) rings is 1. The summed E-state index contributed by atoms with van der Waals surface area (Å²) in [7, 11) is 0. The van der Waals surface area contributed by atoms with E-state index in [1.54, 1.807) is 24.5 Å². The van der Waals surface area contributed by atoms with Crippen molar-refractivity contribution in [3.8, 4) is 0 Å². The molecule has 2 aliphatic rings. The van der Waals surface area contributed by atoms with Gasteiger partial charge in [-0.25, -0.2) is 4.79 Å². The molecule has 0 bridgehead atoms. The Kier molecular flexibility index (Phi) is 3.22. The third kappa shape index (κ3) is 2.03. The molecule has 0 aromatic carbocycles. The smallest absolute Gasteiger partial charge is 0.327 e. The van der Waals surface area contributed by atoms with Crippen LogP contribution in [0.5, 0.6) is 0 Å². The third-order valence-corrected chi connectivity index (χ3v) is 5.70. The van der Waals surface area contributed by atoms with Gasteiger partial charge in [-0.2, -0.15) is 0 Å². The van der Waals surface area contributed by atoms with E-state index in [1.165, 1.54) is 16.7 Å². The number of carbonyl (C=O) groups excluding carboxylic acids is 1. The first kappa shape index (κ1) is 14.3. The van der Waals surface area contributed by atoms with Crippen LogP contribution in [0.3, 0.4) is 0 Å². The van der Waals surface area contributed by atoms with Gasteiger partial charge in [-0.05, 0) is 31.5 Å². The van der Waals surface area contributed by atoms with Gasteiger partial charge in [0, 0.05) is 17.1 Å². The molecule has 1 aromatic rings. The van der Waals surface area contributed by atoms with Crippen molar-refractivity contribution >= 4 is 23.6 Å². The zero-order chi connectivity index (χ0) is 15.4. The van der Waals surface area contributed by atoms with Gasteiger partial charge in [-0.15, -0.1) is 11.8 Å². The molecule has 1 unspecified atom stereocenters. The van der Waals surface area contributed by atoms with E-state index in [0.29, 0.717) is 5.56 Å². The maximum Gasteiger partial charge on any atom is 0.327 e. The van der Waals surface area contributed by atoms with Gasteiger partial charge in [0.05, 0.1) is 17.4 Å². The topological polar surface area (TPSA) is 90.7 Å². The number of thioether (sulfide) groups is 1. The van der Waals surface area contributed by atoms with Crippen LogP contribution in [0.1, 0.15) is 25.5 Å². The summed E-state index contributed by atoms with van der Waals surface area (Å²) in [4.78, 5) is 29.0. The molecule has 4 atom stereocenters. The highest BCUT2D eigenvalue weighted by Gasteiger charge is 2.65. The quantitative estimate of drug-likeness (QED) is 0.806. The van der Waals surface area contributed by atoms with Crippen molar-refractivity contribution in [2.75, 3.05) is 0 Å². The molecule has 3 rings (SSSR count). The number of aliphatic hydroxyl groups excluding tert-OH is 1. The number of carboxylic acids is 1. The number of carbonyl (C=O) groups is 2. The van der Waals surface area contributed by atoms with Gasteiger partial charge in [-0.1, -0.05) is 0 Å². The molecule has 2 fully saturated rings. The van der Waals surface area contributed by atoms with Crippen LogP contribution in [0, 0.1) is 5.92 Å². The van der Waals surface area contributed by atoms with Crippen molar-refractivity contribution in [2.24, 2.45) is 5.92 Å². The molecule has 3 heterocycles. The highest BCUT2D eigenvalue weighted by Crippen LogP contribution is 2.55. The summed E-state index contributed by atoms with van der Waals surface area (Å²) < 4.78 is -0.571. The van der Waals surface area contributed by atoms with E-state index < -0.39 is 28.8 Å². The fourth-order valence-corrected chi connectivity index (χ4v) is 4.82. The number of hydrogen-bond donors (Lipinski definition) is 2. The minimum atomic E-state index is -1.000. The van der Waals surface area contributed by atoms with Gasteiger partial charge in [0.25, 0.3) is 0 Å². The van der Waals surface area contributed by atoms with Gasteiger partial charge in [0.15, 0.2) is 0 Å². The van der Waals surface area contributed by atoms with E-state index in [9.17, 15) is 19.8 Å². The van der Waals surface area contributed by atoms with Crippen molar-refractivity contribution in [3.63, 3.8) is 0 Å². The van der Waals surface area contributed by atoms with Crippen LogP contribution < -0.4 is 0 Å². The molecule has 2 aliphatic heterocycles. The number of aliphatic hydroxyl groups is 1.